The molecular formula is C25H23Cl2N5. The van der Waals surface area contributed by atoms with Crippen LogP contribution >= 0.6 is 23.2 Å². The maximum Gasteiger partial charge on any atom is 0.136 e. The second kappa shape index (κ2) is 8.57. The smallest absolute Gasteiger partial charge is 0.136 e. The lowest BCUT2D eigenvalue weighted by Crippen LogP contribution is -2.32. The summed E-state index contributed by atoms with van der Waals surface area (Å²) in [5.41, 5.74) is 7.79. The average molecular weight is 464 g/mol. The maximum atomic E-state index is 6.08. The SMILES string of the molecule is Cc1nc(C)c(Cc2ccc(Cl)cc2)c(N2CCc3[nH]nc(-c4ccc(Cl)cc4)c3C2)n1. The number of aromatic nitrogens is 4. The van der Waals surface area contributed by atoms with Gasteiger partial charge in [-0.05, 0) is 43.7 Å². The number of benzene rings is 2. The third-order valence-electron chi connectivity index (χ3n) is 5.95. The molecule has 162 valence electrons. The molecule has 1 N–H and O–H groups in total. The van der Waals surface area contributed by atoms with Crippen molar-refractivity contribution in [1.29, 1.82) is 0 Å². The number of anilines is 1. The topological polar surface area (TPSA) is 57.7 Å². The normalized spacial score (nSPS) is 13.3. The van der Waals surface area contributed by atoms with E-state index in [9.17, 15) is 0 Å². The Kier molecular flexibility index (Phi) is 5.62. The average Bonchev–Trinajstić information content (AvgIpc) is 3.20. The van der Waals surface area contributed by atoms with Crippen LogP contribution in [0.3, 0.4) is 0 Å². The largest absolute Gasteiger partial charge is 0.351 e. The van der Waals surface area contributed by atoms with Gasteiger partial charge in [-0.15, -0.1) is 0 Å². The molecule has 0 fully saturated rings. The molecule has 7 heteroatoms. The fourth-order valence-corrected chi connectivity index (χ4v) is 4.57. The third kappa shape index (κ3) is 4.10. The van der Waals surface area contributed by atoms with Gasteiger partial charge in [-0.1, -0.05) is 47.5 Å². The van der Waals surface area contributed by atoms with Crippen LogP contribution in [0.2, 0.25) is 10.0 Å². The van der Waals surface area contributed by atoms with Crippen LogP contribution in [-0.4, -0.2) is 26.7 Å². The quantitative estimate of drug-likeness (QED) is 0.406. The summed E-state index contributed by atoms with van der Waals surface area (Å²) in [5.74, 6) is 1.78. The van der Waals surface area contributed by atoms with Gasteiger partial charge >= 0.3 is 0 Å². The lowest BCUT2D eigenvalue weighted by atomic mass is 9.99. The zero-order chi connectivity index (χ0) is 22.2. The minimum absolute atomic E-state index is 0.721. The first-order valence-electron chi connectivity index (χ1n) is 10.6. The third-order valence-corrected chi connectivity index (χ3v) is 6.45. The van der Waals surface area contributed by atoms with E-state index in [2.05, 4.69) is 39.1 Å². The van der Waals surface area contributed by atoms with Gasteiger partial charge in [-0.2, -0.15) is 5.10 Å². The van der Waals surface area contributed by atoms with Gasteiger partial charge in [-0.25, -0.2) is 9.97 Å². The molecule has 5 nitrogen and oxygen atoms in total. The van der Waals surface area contributed by atoms with Crippen LogP contribution < -0.4 is 4.90 Å². The van der Waals surface area contributed by atoms with Gasteiger partial charge in [0.2, 0.25) is 0 Å². The molecule has 0 bridgehead atoms. The van der Waals surface area contributed by atoms with Crippen molar-refractivity contribution in [3.63, 3.8) is 0 Å². The highest BCUT2D eigenvalue weighted by Gasteiger charge is 2.26. The first-order valence-corrected chi connectivity index (χ1v) is 11.4. The first kappa shape index (κ1) is 21.0. The maximum absolute atomic E-state index is 6.08. The highest BCUT2D eigenvalue weighted by atomic mass is 35.5. The van der Waals surface area contributed by atoms with Crippen LogP contribution in [0.1, 0.15) is 33.9 Å². The fourth-order valence-electron chi connectivity index (χ4n) is 4.32. The van der Waals surface area contributed by atoms with Crippen LogP contribution in [0.4, 0.5) is 5.82 Å². The van der Waals surface area contributed by atoms with E-state index >= 15 is 0 Å². The van der Waals surface area contributed by atoms with Crippen molar-refractivity contribution in [2.24, 2.45) is 0 Å². The standard InChI is InChI=1S/C25H23Cl2N5/c1-15-21(13-17-3-7-19(26)8-4-17)25(29-16(2)28-15)32-12-11-23-22(14-32)24(31-30-23)18-5-9-20(27)10-6-18/h3-10H,11-14H2,1-2H3,(H,30,31). The molecule has 3 heterocycles. The van der Waals surface area contributed by atoms with Crippen LogP contribution in [0, 0.1) is 13.8 Å². The van der Waals surface area contributed by atoms with Gasteiger partial charge in [0.15, 0.2) is 0 Å². The number of nitrogens with one attached hydrogen (secondary N) is 1. The van der Waals surface area contributed by atoms with Gasteiger partial charge in [0.05, 0.1) is 5.69 Å². The summed E-state index contributed by atoms with van der Waals surface area (Å²) in [6.45, 7) is 5.64. The number of aromatic amines is 1. The molecule has 5 rings (SSSR count). The Morgan fingerprint density at radius 2 is 1.62 bits per heavy atom. The molecule has 0 atom stereocenters. The van der Waals surface area contributed by atoms with Gasteiger partial charge in [-0.3, -0.25) is 5.10 Å². The molecular weight excluding hydrogens is 441 g/mol. The van der Waals surface area contributed by atoms with Gasteiger partial charge in [0.1, 0.15) is 11.6 Å². The lowest BCUT2D eigenvalue weighted by Gasteiger charge is -2.30. The van der Waals surface area contributed by atoms with E-state index in [1.54, 1.807) is 0 Å². The summed E-state index contributed by atoms with van der Waals surface area (Å²) in [4.78, 5) is 11.9. The van der Waals surface area contributed by atoms with E-state index < -0.39 is 0 Å². The minimum Gasteiger partial charge on any atom is -0.351 e. The Morgan fingerprint density at radius 1 is 0.938 bits per heavy atom. The van der Waals surface area contributed by atoms with Crippen molar-refractivity contribution < 1.29 is 0 Å². The Balaban J connectivity index is 1.51. The minimum atomic E-state index is 0.721. The van der Waals surface area contributed by atoms with E-state index in [4.69, 9.17) is 28.2 Å². The molecule has 0 aliphatic carbocycles. The second-order valence-electron chi connectivity index (χ2n) is 8.17. The molecule has 1 aliphatic rings. The molecule has 32 heavy (non-hydrogen) atoms. The summed E-state index contributed by atoms with van der Waals surface area (Å²) in [6.07, 6.45) is 1.65. The lowest BCUT2D eigenvalue weighted by molar-refractivity contribution is 0.701. The van der Waals surface area contributed by atoms with E-state index in [1.165, 1.54) is 16.8 Å². The number of H-pyrrole nitrogens is 1. The summed E-state index contributed by atoms with van der Waals surface area (Å²) >= 11 is 12.2. The molecule has 0 spiro atoms. The van der Waals surface area contributed by atoms with E-state index in [0.29, 0.717) is 0 Å². The predicted molar refractivity (Wildman–Crippen MR) is 130 cm³/mol. The van der Waals surface area contributed by atoms with Crippen LogP contribution in [0.25, 0.3) is 11.3 Å². The molecule has 2 aromatic heterocycles. The number of rotatable bonds is 4. The van der Waals surface area contributed by atoms with Crippen LogP contribution in [0.5, 0.6) is 0 Å². The number of nitrogens with zero attached hydrogens (tertiary/aromatic N) is 4. The molecule has 4 aromatic rings. The molecule has 0 amide bonds. The van der Waals surface area contributed by atoms with Gasteiger partial charge in [0, 0.05) is 64.1 Å². The summed E-state index contributed by atoms with van der Waals surface area (Å²) in [6, 6.07) is 15.8. The first-order chi connectivity index (χ1) is 15.5. The van der Waals surface area contributed by atoms with Crippen molar-refractivity contribution in [3.8, 4) is 11.3 Å². The summed E-state index contributed by atoms with van der Waals surface area (Å²) < 4.78 is 0. The highest BCUT2D eigenvalue weighted by molar-refractivity contribution is 6.30. The van der Waals surface area contributed by atoms with E-state index in [1.807, 2.05) is 43.3 Å². The Labute approximate surface area is 197 Å². The van der Waals surface area contributed by atoms with Crippen molar-refractivity contribution in [2.75, 3.05) is 11.4 Å². The molecule has 1 aliphatic heterocycles. The summed E-state index contributed by atoms with van der Waals surface area (Å²) in [5, 5.41) is 9.32. The van der Waals surface area contributed by atoms with Crippen LogP contribution in [0.15, 0.2) is 48.5 Å². The molecule has 0 radical (unpaired) electrons. The van der Waals surface area contributed by atoms with Crippen molar-refractivity contribution >= 4 is 29.0 Å². The second-order valence-corrected chi connectivity index (χ2v) is 9.04. The van der Waals surface area contributed by atoms with E-state index in [0.717, 1.165) is 70.1 Å². The zero-order valence-electron chi connectivity index (χ0n) is 18.0. The van der Waals surface area contributed by atoms with Gasteiger partial charge < -0.3 is 4.90 Å². The zero-order valence-corrected chi connectivity index (χ0v) is 19.5. The number of fused-ring (bicyclic) bond motifs is 1. The number of hydrogen-bond acceptors (Lipinski definition) is 4. The Morgan fingerprint density at radius 3 is 2.34 bits per heavy atom. The van der Waals surface area contributed by atoms with Crippen LogP contribution in [-0.2, 0) is 19.4 Å². The number of halogens is 2. The van der Waals surface area contributed by atoms with Gasteiger partial charge in [0.25, 0.3) is 0 Å². The number of hydrogen-bond donors (Lipinski definition) is 1. The highest BCUT2D eigenvalue weighted by Crippen LogP contribution is 2.33. The Hall–Kier alpha value is -2.89. The van der Waals surface area contributed by atoms with E-state index in [-0.39, 0.29) is 0 Å². The predicted octanol–water partition coefficient (Wildman–Crippen LogP) is 5.94. The molecule has 0 unspecified atom stereocenters. The monoisotopic (exact) mass is 463 g/mol. The van der Waals surface area contributed by atoms with Crippen molar-refractivity contribution in [3.05, 3.63) is 92.5 Å². The molecule has 0 saturated carbocycles. The number of aryl methyl sites for hydroxylation is 2. The van der Waals surface area contributed by atoms with Crippen molar-refractivity contribution in [2.45, 2.75) is 33.2 Å². The molecule has 0 saturated heterocycles. The van der Waals surface area contributed by atoms with Crippen molar-refractivity contribution in [1.82, 2.24) is 20.2 Å². The Bertz CT molecular complexity index is 1260. The fraction of sp³-hybridized carbons (Fsp3) is 0.240. The summed E-state index contributed by atoms with van der Waals surface area (Å²) in [7, 11) is 0. The molecule has 2 aromatic carbocycles.